The van der Waals surface area contributed by atoms with Gasteiger partial charge in [0.05, 0.1) is 12.5 Å². The number of likely N-dealkylation sites (N-methyl/N-ethyl adjacent to an activating group) is 1. The minimum atomic E-state index is 0.287. The summed E-state index contributed by atoms with van der Waals surface area (Å²) in [6.07, 6.45) is 4.44. The van der Waals surface area contributed by atoms with Crippen molar-refractivity contribution in [1.82, 2.24) is 5.32 Å². The number of nitrogens with one attached hydrogen (secondary N) is 1. The van der Waals surface area contributed by atoms with E-state index in [1.807, 2.05) is 6.07 Å². The summed E-state index contributed by atoms with van der Waals surface area (Å²) in [5.74, 6) is 0. The maximum absolute atomic E-state index is 5.13. The SMILES string of the molecule is CCNC(Cc1ccoc1)c1ccc(Br)cc1Br. The summed E-state index contributed by atoms with van der Waals surface area (Å²) in [5.41, 5.74) is 2.47. The third-order valence-electron chi connectivity index (χ3n) is 2.81. The summed E-state index contributed by atoms with van der Waals surface area (Å²) in [4.78, 5) is 0. The molecule has 1 heterocycles. The van der Waals surface area contributed by atoms with Crippen LogP contribution in [0.2, 0.25) is 0 Å². The average Bonchev–Trinajstić information content (AvgIpc) is 2.81. The first-order valence-electron chi connectivity index (χ1n) is 5.90. The molecule has 0 radical (unpaired) electrons. The van der Waals surface area contributed by atoms with Crippen molar-refractivity contribution >= 4 is 31.9 Å². The molecule has 2 nitrogen and oxygen atoms in total. The second kappa shape index (κ2) is 6.55. The second-order valence-corrected chi connectivity index (χ2v) is 5.88. The molecule has 96 valence electrons. The second-order valence-electron chi connectivity index (χ2n) is 4.11. The molecule has 1 atom stereocenters. The molecular formula is C14H15Br2NO. The van der Waals surface area contributed by atoms with Crippen LogP contribution in [0.1, 0.15) is 24.1 Å². The molecule has 2 aromatic rings. The molecule has 0 aliphatic rings. The van der Waals surface area contributed by atoms with E-state index < -0.39 is 0 Å². The van der Waals surface area contributed by atoms with Gasteiger partial charge in [0.1, 0.15) is 0 Å². The number of halogens is 2. The van der Waals surface area contributed by atoms with Crippen molar-refractivity contribution in [2.24, 2.45) is 0 Å². The van der Waals surface area contributed by atoms with Gasteiger partial charge in [0.25, 0.3) is 0 Å². The zero-order valence-corrected chi connectivity index (χ0v) is 13.3. The fraction of sp³-hybridized carbons (Fsp3) is 0.286. The van der Waals surface area contributed by atoms with Crippen molar-refractivity contribution in [2.75, 3.05) is 6.54 Å². The topological polar surface area (TPSA) is 25.2 Å². The van der Waals surface area contributed by atoms with E-state index in [9.17, 15) is 0 Å². The van der Waals surface area contributed by atoms with E-state index in [4.69, 9.17) is 4.42 Å². The first-order valence-corrected chi connectivity index (χ1v) is 7.48. The summed E-state index contributed by atoms with van der Waals surface area (Å²) in [6, 6.07) is 8.59. The minimum absolute atomic E-state index is 0.287. The van der Waals surface area contributed by atoms with Crippen LogP contribution in [0.25, 0.3) is 0 Å². The molecule has 1 unspecified atom stereocenters. The number of hydrogen-bond donors (Lipinski definition) is 1. The number of rotatable bonds is 5. The van der Waals surface area contributed by atoms with Gasteiger partial charge in [-0.1, -0.05) is 44.8 Å². The van der Waals surface area contributed by atoms with Crippen LogP contribution in [0.15, 0.2) is 50.2 Å². The van der Waals surface area contributed by atoms with Crippen molar-refractivity contribution in [3.05, 3.63) is 56.9 Å². The fourth-order valence-corrected chi connectivity index (χ4v) is 3.29. The van der Waals surface area contributed by atoms with Crippen molar-refractivity contribution in [1.29, 1.82) is 0 Å². The Morgan fingerprint density at radius 2 is 2.11 bits per heavy atom. The van der Waals surface area contributed by atoms with Gasteiger partial charge in [0.15, 0.2) is 0 Å². The number of furan rings is 1. The number of benzene rings is 1. The molecule has 0 saturated heterocycles. The Morgan fingerprint density at radius 1 is 1.28 bits per heavy atom. The third-order valence-corrected chi connectivity index (χ3v) is 3.99. The van der Waals surface area contributed by atoms with Gasteiger partial charge in [-0.25, -0.2) is 0 Å². The van der Waals surface area contributed by atoms with E-state index in [1.165, 1.54) is 11.1 Å². The van der Waals surface area contributed by atoms with Crippen LogP contribution in [0, 0.1) is 0 Å². The van der Waals surface area contributed by atoms with Gasteiger partial charge in [-0.15, -0.1) is 0 Å². The van der Waals surface area contributed by atoms with E-state index in [1.54, 1.807) is 12.5 Å². The largest absolute Gasteiger partial charge is 0.472 e. The molecule has 1 aromatic heterocycles. The quantitative estimate of drug-likeness (QED) is 0.822. The lowest BCUT2D eigenvalue weighted by Crippen LogP contribution is -2.23. The first kappa shape index (κ1) is 13.8. The van der Waals surface area contributed by atoms with Crippen molar-refractivity contribution in [3.8, 4) is 0 Å². The minimum Gasteiger partial charge on any atom is -0.472 e. The van der Waals surface area contributed by atoms with Crippen LogP contribution in [-0.2, 0) is 6.42 Å². The van der Waals surface area contributed by atoms with E-state index in [-0.39, 0.29) is 6.04 Å². The Labute approximate surface area is 124 Å². The van der Waals surface area contributed by atoms with E-state index >= 15 is 0 Å². The number of hydrogen-bond acceptors (Lipinski definition) is 2. The smallest absolute Gasteiger partial charge is 0.0935 e. The highest BCUT2D eigenvalue weighted by atomic mass is 79.9. The van der Waals surface area contributed by atoms with Crippen LogP contribution >= 0.6 is 31.9 Å². The van der Waals surface area contributed by atoms with Gasteiger partial charge in [-0.3, -0.25) is 0 Å². The summed E-state index contributed by atoms with van der Waals surface area (Å²) in [6.45, 7) is 3.06. The zero-order chi connectivity index (χ0) is 13.0. The van der Waals surface area contributed by atoms with Gasteiger partial charge in [0, 0.05) is 15.0 Å². The molecule has 18 heavy (non-hydrogen) atoms. The summed E-state index contributed by atoms with van der Waals surface area (Å²) in [5, 5.41) is 3.51. The maximum atomic E-state index is 5.13. The standard InChI is InChI=1S/C14H15Br2NO/c1-2-17-14(7-10-5-6-18-9-10)12-4-3-11(15)8-13(12)16/h3-6,8-9,14,17H,2,7H2,1H3. The Bertz CT molecular complexity index is 497. The highest BCUT2D eigenvalue weighted by molar-refractivity contribution is 9.11. The highest BCUT2D eigenvalue weighted by Crippen LogP contribution is 2.29. The summed E-state index contributed by atoms with van der Waals surface area (Å²) >= 11 is 7.11. The molecule has 1 N–H and O–H groups in total. The van der Waals surface area contributed by atoms with Gasteiger partial charge < -0.3 is 9.73 Å². The van der Waals surface area contributed by atoms with Crippen molar-refractivity contribution in [2.45, 2.75) is 19.4 Å². The molecule has 0 aliphatic carbocycles. The molecule has 0 amide bonds. The lowest BCUT2D eigenvalue weighted by atomic mass is 10.0. The van der Waals surface area contributed by atoms with E-state index in [0.717, 1.165) is 21.9 Å². The Kier molecular flexibility index (Phi) is 5.03. The Balaban J connectivity index is 2.23. The van der Waals surface area contributed by atoms with Crippen molar-refractivity contribution in [3.63, 3.8) is 0 Å². The van der Waals surface area contributed by atoms with Crippen LogP contribution in [0.5, 0.6) is 0 Å². The van der Waals surface area contributed by atoms with Crippen LogP contribution in [0.3, 0.4) is 0 Å². The third kappa shape index (κ3) is 3.46. The molecule has 2 rings (SSSR count). The van der Waals surface area contributed by atoms with Gasteiger partial charge >= 0.3 is 0 Å². The summed E-state index contributed by atoms with van der Waals surface area (Å²) < 4.78 is 7.33. The zero-order valence-electron chi connectivity index (χ0n) is 10.1. The Morgan fingerprint density at radius 3 is 2.72 bits per heavy atom. The van der Waals surface area contributed by atoms with Crippen LogP contribution < -0.4 is 5.32 Å². The molecule has 0 bridgehead atoms. The highest BCUT2D eigenvalue weighted by Gasteiger charge is 2.14. The monoisotopic (exact) mass is 371 g/mol. The molecular weight excluding hydrogens is 358 g/mol. The van der Waals surface area contributed by atoms with E-state index in [0.29, 0.717) is 0 Å². The average molecular weight is 373 g/mol. The van der Waals surface area contributed by atoms with Gasteiger partial charge in [-0.05, 0) is 42.3 Å². The molecule has 0 spiro atoms. The van der Waals surface area contributed by atoms with Crippen LogP contribution in [0.4, 0.5) is 0 Å². The van der Waals surface area contributed by atoms with Crippen molar-refractivity contribution < 1.29 is 4.42 Å². The van der Waals surface area contributed by atoms with Crippen LogP contribution in [-0.4, -0.2) is 6.54 Å². The molecule has 0 fully saturated rings. The van der Waals surface area contributed by atoms with Gasteiger partial charge in [-0.2, -0.15) is 0 Å². The molecule has 0 aliphatic heterocycles. The summed E-state index contributed by atoms with van der Waals surface area (Å²) in [7, 11) is 0. The predicted molar refractivity (Wildman–Crippen MR) is 80.7 cm³/mol. The Hall–Kier alpha value is -0.580. The lowest BCUT2D eigenvalue weighted by molar-refractivity contribution is 0.533. The fourth-order valence-electron chi connectivity index (χ4n) is 1.97. The maximum Gasteiger partial charge on any atom is 0.0935 e. The molecule has 1 aromatic carbocycles. The lowest BCUT2D eigenvalue weighted by Gasteiger charge is -2.19. The first-order chi connectivity index (χ1) is 8.70. The predicted octanol–water partition coefficient (Wildman–Crippen LogP) is 4.70. The molecule has 4 heteroatoms. The molecule has 0 saturated carbocycles. The van der Waals surface area contributed by atoms with Gasteiger partial charge in [0.2, 0.25) is 0 Å². The van der Waals surface area contributed by atoms with E-state index in [2.05, 4.69) is 62.3 Å². The normalized spacial score (nSPS) is 12.6.